The molecule has 0 spiro atoms. The predicted molar refractivity (Wildman–Crippen MR) is 122 cm³/mol. The van der Waals surface area contributed by atoms with Crippen molar-refractivity contribution in [2.24, 2.45) is 0 Å². The Morgan fingerprint density at radius 1 is 1.00 bits per heavy atom. The molecule has 36 heavy (non-hydrogen) atoms. The number of nitrogens with zero attached hydrogens (tertiary/aromatic N) is 3. The Labute approximate surface area is 203 Å². The van der Waals surface area contributed by atoms with E-state index in [0.29, 0.717) is 16.9 Å². The Morgan fingerprint density at radius 2 is 1.72 bits per heavy atom. The third-order valence-electron chi connectivity index (χ3n) is 5.71. The van der Waals surface area contributed by atoms with Crippen LogP contribution in [0.15, 0.2) is 48.7 Å². The van der Waals surface area contributed by atoms with Crippen molar-refractivity contribution in [3.05, 3.63) is 93.9 Å². The molecule has 0 atom stereocenters. The average Bonchev–Trinajstić information content (AvgIpc) is 3.43. The van der Waals surface area contributed by atoms with Gasteiger partial charge in [0.15, 0.2) is 11.5 Å². The van der Waals surface area contributed by atoms with Gasteiger partial charge in [-0.1, -0.05) is 18.2 Å². The molecular formula is C25H19F2N5O4. The van der Waals surface area contributed by atoms with Gasteiger partial charge in [0.05, 0.1) is 12.6 Å². The van der Waals surface area contributed by atoms with Crippen LogP contribution in [0.5, 0.6) is 5.75 Å². The molecule has 4 aromatic rings. The molecule has 2 aromatic carbocycles. The van der Waals surface area contributed by atoms with Crippen molar-refractivity contribution in [1.82, 2.24) is 25.2 Å². The monoisotopic (exact) mass is 491 g/mol. The second-order valence-corrected chi connectivity index (χ2v) is 8.30. The van der Waals surface area contributed by atoms with E-state index < -0.39 is 17.6 Å². The number of esters is 1. The SMILES string of the molecule is Cc1cc(CNC(=O)c2cc(C(=O)NCc3ccc4c(c3)CC(=O)O4)nc3c(F)cnn23)ccc1F. The fraction of sp³-hybridized carbons (Fsp3) is 0.160. The first-order chi connectivity index (χ1) is 17.3. The summed E-state index contributed by atoms with van der Waals surface area (Å²) < 4.78 is 33.9. The number of ether oxygens (including phenoxy) is 1. The van der Waals surface area contributed by atoms with E-state index in [0.717, 1.165) is 21.8 Å². The molecule has 0 saturated heterocycles. The van der Waals surface area contributed by atoms with Crippen molar-refractivity contribution in [3.63, 3.8) is 0 Å². The third-order valence-corrected chi connectivity index (χ3v) is 5.71. The summed E-state index contributed by atoms with van der Waals surface area (Å²) in [5.41, 5.74) is 2.00. The maximum absolute atomic E-state index is 14.3. The van der Waals surface area contributed by atoms with Crippen molar-refractivity contribution >= 4 is 23.4 Å². The maximum atomic E-state index is 14.3. The van der Waals surface area contributed by atoms with Gasteiger partial charge >= 0.3 is 5.97 Å². The molecule has 1 aliphatic heterocycles. The summed E-state index contributed by atoms with van der Waals surface area (Å²) in [6.45, 7) is 1.81. The molecule has 0 aliphatic carbocycles. The zero-order valence-electron chi connectivity index (χ0n) is 19.0. The van der Waals surface area contributed by atoms with Gasteiger partial charge in [-0.3, -0.25) is 14.4 Å². The lowest BCUT2D eigenvalue weighted by Crippen LogP contribution is -2.28. The highest BCUT2D eigenvalue weighted by Gasteiger charge is 2.22. The highest BCUT2D eigenvalue weighted by molar-refractivity contribution is 5.98. The van der Waals surface area contributed by atoms with E-state index in [-0.39, 0.29) is 48.3 Å². The minimum atomic E-state index is -0.795. The highest BCUT2D eigenvalue weighted by Crippen LogP contribution is 2.26. The topological polar surface area (TPSA) is 115 Å². The number of nitrogens with one attached hydrogen (secondary N) is 2. The number of aromatic nitrogens is 3. The largest absolute Gasteiger partial charge is 0.426 e. The minimum absolute atomic E-state index is 0.0829. The zero-order chi connectivity index (χ0) is 25.4. The summed E-state index contributed by atoms with van der Waals surface area (Å²) in [6.07, 6.45) is 1.06. The highest BCUT2D eigenvalue weighted by atomic mass is 19.1. The molecule has 0 unspecified atom stereocenters. The van der Waals surface area contributed by atoms with Crippen molar-refractivity contribution in [2.75, 3.05) is 0 Å². The number of hydrogen-bond donors (Lipinski definition) is 2. The minimum Gasteiger partial charge on any atom is -0.426 e. The zero-order valence-corrected chi connectivity index (χ0v) is 19.0. The lowest BCUT2D eigenvalue weighted by atomic mass is 10.1. The van der Waals surface area contributed by atoms with Gasteiger partial charge < -0.3 is 15.4 Å². The van der Waals surface area contributed by atoms with Crippen LogP contribution < -0.4 is 15.4 Å². The van der Waals surface area contributed by atoms with Gasteiger partial charge in [0.1, 0.15) is 23.0 Å². The van der Waals surface area contributed by atoms with Crippen LogP contribution in [0.1, 0.15) is 43.2 Å². The summed E-state index contributed by atoms with van der Waals surface area (Å²) in [5.74, 6) is -2.25. The summed E-state index contributed by atoms with van der Waals surface area (Å²) in [7, 11) is 0. The van der Waals surface area contributed by atoms with Crippen molar-refractivity contribution in [1.29, 1.82) is 0 Å². The Morgan fingerprint density at radius 3 is 2.50 bits per heavy atom. The molecule has 0 fully saturated rings. The number of rotatable bonds is 6. The third kappa shape index (κ3) is 4.50. The molecule has 0 bridgehead atoms. The van der Waals surface area contributed by atoms with E-state index in [9.17, 15) is 23.2 Å². The summed E-state index contributed by atoms with van der Waals surface area (Å²) in [6, 6.07) is 10.8. The lowest BCUT2D eigenvalue weighted by molar-refractivity contribution is -0.131. The number of carbonyl (C=O) groups excluding carboxylic acids is 3. The number of fused-ring (bicyclic) bond motifs is 2. The second-order valence-electron chi connectivity index (χ2n) is 8.30. The van der Waals surface area contributed by atoms with E-state index in [4.69, 9.17) is 4.74 Å². The van der Waals surface area contributed by atoms with Gasteiger partial charge in [-0.2, -0.15) is 5.10 Å². The second kappa shape index (κ2) is 9.17. The molecule has 9 nitrogen and oxygen atoms in total. The van der Waals surface area contributed by atoms with Crippen molar-refractivity contribution in [3.8, 4) is 5.75 Å². The van der Waals surface area contributed by atoms with E-state index in [2.05, 4.69) is 20.7 Å². The molecule has 11 heteroatoms. The molecule has 5 rings (SSSR count). The molecule has 182 valence electrons. The molecule has 2 N–H and O–H groups in total. The van der Waals surface area contributed by atoms with Gasteiger partial charge in [-0.25, -0.2) is 18.3 Å². The van der Waals surface area contributed by atoms with Crippen LogP contribution in [0.3, 0.4) is 0 Å². The van der Waals surface area contributed by atoms with Crippen LogP contribution in [-0.2, 0) is 24.3 Å². The molecule has 3 heterocycles. The van der Waals surface area contributed by atoms with Crippen LogP contribution in [0.4, 0.5) is 8.78 Å². The van der Waals surface area contributed by atoms with Crippen molar-refractivity contribution < 1.29 is 27.9 Å². The number of halogens is 2. The standard InChI is InChI=1S/C25H19F2N5O4/c1-13-6-14(2-4-17(13)26)10-29-25(35)20-9-19(31-23-18(27)12-30-32(20)23)24(34)28-11-15-3-5-21-16(7-15)8-22(33)36-21/h2-7,9,12H,8,10-11H2,1H3,(H,28,34)(H,29,35). The quantitative estimate of drug-likeness (QED) is 0.317. The molecule has 1 aliphatic rings. The number of amides is 2. The molecule has 2 aromatic heterocycles. The lowest BCUT2D eigenvalue weighted by Gasteiger charge is -2.10. The average molecular weight is 491 g/mol. The van der Waals surface area contributed by atoms with Gasteiger partial charge in [0.25, 0.3) is 11.8 Å². The first-order valence-electron chi connectivity index (χ1n) is 11.0. The Kier molecular flexibility index (Phi) is 5.88. The molecular weight excluding hydrogens is 472 g/mol. The Bertz CT molecular complexity index is 1550. The van der Waals surface area contributed by atoms with E-state index in [1.54, 1.807) is 31.2 Å². The van der Waals surface area contributed by atoms with Crippen LogP contribution in [0.25, 0.3) is 5.65 Å². The van der Waals surface area contributed by atoms with Crippen LogP contribution in [0.2, 0.25) is 0 Å². The smallest absolute Gasteiger partial charge is 0.315 e. The first kappa shape index (κ1) is 23.1. The first-order valence-corrected chi connectivity index (χ1v) is 11.0. The summed E-state index contributed by atoms with van der Waals surface area (Å²) in [4.78, 5) is 41.2. The number of benzene rings is 2. The predicted octanol–water partition coefficient (Wildman–Crippen LogP) is 2.64. The fourth-order valence-electron chi connectivity index (χ4n) is 3.87. The number of carbonyl (C=O) groups is 3. The van der Waals surface area contributed by atoms with Crippen molar-refractivity contribution in [2.45, 2.75) is 26.4 Å². The van der Waals surface area contributed by atoms with E-state index in [1.165, 1.54) is 18.2 Å². The van der Waals surface area contributed by atoms with Crippen LogP contribution >= 0.6 is 0 Å². The summed E-state index contributed by atoms with van der Waals surface area (Å²) >= 11 is 0. The Hall–Kier alpha value is -4.67. The molecule has 0 saturated carbocycles. The van der Waals surface area contributed by atoms with Gasteiger partial charge in [0, 0.05) is 24.7 Å². The summed E-state index contributed by atoms with van der Waals surface area (Å²) in [5, 5.41) is 9.21. The maximum Gasteiger partial charge on any atom is 0.315 e. The van der Waals surface area contributed by atoms with Gasteiger partial charge in [-0.15, -0.1) is 0 Å². The molecule has 0 radical (unpaired) electrons. The number of hydrogen-bond acceptors (Lipinski definition) is 6. The van der Waals surface area contributed by atoms with Gasteiger partial charge in [0.2, 0.25) is 0 Å². The fourth-order valence-corrected chi connectivity index (χ4v) is 3.87. The van der Waals surface area contributed by atoms with E-state index in [1.807, 2.05) is 0 Å². The van der Waals surface area contributed by atoms with E-state index >= 15 is 0 Å². The molecule has 2 amide bonds. The normalized spacial score (nSPS) is 12.4. The van der Waals surface area contributed by atoms with Crippen LogP contribution in [-0.4, -0.2) is 32.4 Å². The Balaban J connectivity index is 1.34. The van der Waals surface area contributed by atoms with Crippen LogP contribution in [0, 0.1) is 18.6 Å². The van der Waals surface area contributed by atoms with Gasteiger partial charge in [-0.05, 0) is 41.8 Å². The number of aryl methyl sites for hydroxylation is 1.